The van der Waals surface area contributed by atoms with E-state index in [4.69, 9.17) is 14.2 Å². The first-order valence-corrected chi connectivity index (χ1v) is 11.1. The van der Waals surface area contributed by atoms with Crippen molar-refractivity contribution < 1.29 is 65.8 Å². The van der Waals surface area contributed by atoms with Crippen molar-refractivity contribution in [2.45, 2.75) is 30.0 Å². The molecule has 194 valence electrons. The van der Waals surface area contributed by atoms with E-state index in [-0.39, 0.29) is 36.3 Å². The third-order valence-corrected chi connectivity index (χ3v) is 5.84. The van der Waals surface area contributed by atoms with Gasteiger partial charge < -0.3 is 14.2 Å². The molecular formula is C15H20F6O9S3. The number of alkyl halides is 6. The summed E-state index contributed by atoms with van der Waals surface area (Å²) in [7, 11) is -8.65. The highest BCUT2D eigenvalue weighted by Crippen LogP contribution is 2.45. The first kappa shape index (κ1) is 31.4. The van der Waals surface area contributed by atoms with E-state index in [1.165, 1.54) is 13.2 Å². The Hall–Kier alpha value is -1.63. The van der Waals surface area contributed by atoms with Crippen LogP contribution < -0.4 is 14.2 Å². The minimum Gasteiger partial charge on any atom is -0.493 e. The van der Waals surface area contributed by atoms with E-state index < -0.39 is 56.8 Å². The van der Waals surface area contributed by atoms with Crippen molar-refractivity contribution >= 4 is 33.7 Å². The van der Waals surface area contributed by atoms with E-state index in [9.17, 15) is 43.2 Å². The number of rotatable bonds is 11. The van der Waals surface area contributed by atoms with Crippen molar-refractivity contribution in [3.05, 3.63) is 17.7 Å². The summed E-state index contributed by atoms with van der Waals surface area (Å²) in [6.07, 6.45) is -3.33. The van der Waals surface area contributed by atoms with E-state index in [0.717, 1.165) is 20.3 Å². The van der Waals surface area contributed by atoms with Crippen LogP contribution in [-0.2, 0) is 28.6 Å². The minimum absolute atomic E-state index is 0. The normalized spacial score (nSPS) is 13.7. The Bertz CT molecular complexity index is 992. The maximum atomic E-state index is 12.8. The molecule has 0 heterocycles. The van der Waals surface area contributed by atoms with Crippen LogP contribution in [0.1, 0.15) is 24.5 Å². The lowest BCUT2D eigenvalue weighted by molar-refractivity contribution is -0.0586. The number of methoxy groups -OCH3 is 3. The monoisotopic (exact) mass is 554 g/mol. The highest BCUT2D eigenvalue weighted by atomic mass is 32.2. The predicted molar refractivity (Wildman–Crippen MR) is 105 cm³/mol. The standard InChI is InChI=1S/C15H18F6O9S2.H2S/c1-26-11-7-6-9(12(27-2)13(11)28-3)10(30-32(24,25)15(19,20)21)5-4-8-29-31(22,23)14(16,17)18;/h6-7,10H,4-5,8H2,1-3H3;1H2. The molecule has 0 aliphatic heterocycles. The van der Waals surface area contributed by atoms with Crippen LogP contribution >= 0.6 is 13.5 Å². The number of benzene rings is 1. The predicted octanol–water partition coefficient (Wildman–Crippen LogP) is 3.38. The number of hydrogen-bond donors (Lipinski definition) is 0. The second-order valence-electron chi connectivity index (χ2n) is 5.77. The van der Waals surface area contributed by atoms with Crippen LogP contribution in [0.3, 0.4) is 0 Å². The molecule has 1 atom stereocenters. The minimum atomic E-state index is -6.16. The van der Waals surface area contributed by atoms with E-state index in [0.29, 0.717) is 0 Å². The van der Waals surface area contributed by atoms with Crippen LogP contribution in [-0.4, -0.2) is 55.8 Å². The Kier molecular flexibility index (Phi) is 11.1. The summed E-state index contributed by atoms with van der Waals surface area (Å²) in [4.78, 5) is 0. The van der Waals surface area contributed by atoms with E-state index >= 15 is 0 Å². The second kappa shape index (κ2) is 11.7. The molecule has 1 aromatic rings. The van der Waals surface area contributed by atoms with Crippen LogP contribution in [0, 0.1) is 0 Å². The number of hydrogen-bond acceptors (Lipinski definition) is 9. The molecule has 0 bridgehead atoms. The summed E-state index contributed by atoms with van der Waals surface area (Å²) in [6.45, 7) is -1.12. The fraction of sp³-hybridized carbons (Fsp3) is 0.600. The van der Waals surface area contributed by atoms with Crippen molar-refractivity contribution in [3.63, 3.8) is 0 Å². The Morgan fingerprint density at radius 1 is 0.818 bits per heavy atom. The quantitative estimate of drug-likeness (QED) is 0.176. The van der Waals surface area contributed by atoms with Gasteiger partial charge in [-0.05, 0) is 25.0 Å². The van der Waals surface area contributed by atoms with Crippen molar-refractivity contribution in [2.75, 3.05) is 27.9 Å². The van der Waals surface area contributed by atoms with E-state index in [1.54, 1.807) is 0 Å². The maximum absolute atomic E-state index is 12.8. The molecule has 33 heavy (non-hydrogen) atoms. The molecular weight excluding hydrogens is 534 g/mol. The average Bonchev–Trinajstić information content (AvgIpc) is 2.67. The number of ether oxygens (including phenoxy) is 3. The van der Waals surface area contributed by atoms with Crippen LogP contribution in [0.4, 0.5) is 26.3 Å². The zero-order valence-electron chi connectivity index (χ0n) is 17.1. The highest BCUT2D eigenvalue weighted by Gasteiger charge is 2.49. The molecule has 0 N–H and O–H groups in total. The van der Waals surface area contributed by atoms with Gasteiger partial charge in [0.15, 0.2) is 11.5 Å². The average molecular weight is 555 g/mol. The molecule has 0 saturated heterocycles. The smallest absolute Gasteiger partial charge is 0.493 e. The topological polar surface area (TPSA) is 114 Å². The zero-order valence-corrected chi connectivity index (χ0v) is 19.7. The van der Waals surface area contributed by atoms with Gasteiger partial charge in [-0.15, -0.1) is 0 Å². The Morgan fingerprint density at radius 2 is 1.33 bits per heavy atom. The van der Waals surface area contributed by atoms with Crippen molar-refractivity contribution in [1.29, 1.82) is 0 Å². The molecule has 1 aromatic carbocycles. The lowest BCUT2D eigenvalue weighted by Gasteiger charge is -2.23. The third kappa shape index (κ3) is 7.69. The van der Waals surface area contributed by atoms with Gasteiger partial charge in [0, 0.05) is 5.56 Å². The van der Waals surface area contributed by atoms with Crippen molar-refractivity contribution in [3.8, 4) is 17.2 Å². The maximum Gasteiger partial charge on any atom is 0.523 e. The molecule has 0 fully saturated rings. The molecule has 0 aliphatic carbocycles. The van der Waals surface area contributed by atoms with Crippen molar-refractivity contribution in [2.24, 2.45) is 0 Å². The Balaban J connectivity index is 0.0000102. The van der Waals surface area contributed by atoms with Gasteiger partial charge in [0.05, 0.1) is 27.9 Å². The SMILES string of the molecule is COc1ccc(C(CCCOS(=O)(=O)C(F)(F)F)OS(=O)(=O)C(F)(F)F)c(OC)c1OC.S. The molecule has 1 rings (SSSR count). The Morgan fingerprint density at radius 3 is 1.76 bits per heavy atom. The van der Waals surface area contributed by atoms with Gasteiger partial charge in [0.25, 0.3) is 0 Å². The first-order chi connectivity index (χ1) is 14.5. The molecule has 0 radical (unpaired) electrons. The number of halogens is 6. The highest BCUT2D eigenvalue weighted by molar-refractivity contribution is 7.87. The Labute approximate surface area is 192 Å². The summed E-state index contributed by atoms with van der Waals surface area (Å²) in [5.74, 6) is -0.357. The van der Waals surface area contributed by atoms with Gasteiger partial charge in [-0.25, -0.2) is 0 Å². The van der Waals surface area contributed by atoms with Gasteiger partial charge in [0.1, 0.15) is 6.10 Å². The molecule has 0 saturated carbocycles. The third-order valence-electron chi connectivity index (χ3n) is 3.74. The molecule has 0 amide bonds. The lowest BCUT2D eigenvalue weighted by atomic mass is 10.0. The van der Waals surface area contributed by atoms with Gasteiger partial charge in [0.2, 0.25) is 5.75 Å². The van der Waals surface area contributed by atoms with Crippen LogP contribution in [0.25, 0.3) is 0 Å². The summed E-state index contributed by atoms with van der Waals surface area (Å²) in [5.41, 5.74) is -11.8. The van der Waals surface area contributed by atoms with Gasteiger partial charge in [-0.3, -0.25) is 8.37 Å². The summed E-state index contributed by atoms with van der Waals surface area (Å²) in [6, 6.07) is 2.28. The lowest BCUT2D eigenvalue weighted by Crippen LogP contribution is -2.28. The fourth-order valence-corrected chi connectivity index (χ4v) is 3.43. The second-order valence-corrected chi connectivity index (χ2v) is 8.94. The van der Waals surface area contributed by atoms with Gasteiger partial charge >= 0.3 is 31.3 Å². The van der Waals surface area contributed by atoms with Gasteiger partial charge in [-0.1, -0.05) is 0 Å². The van der Waals surface area contributed by atoms with Crippen LogP contribution in [0.2, 0.25) is 0 Å². The first-order valence-electron chi connectivity index (χ1n) is 8.26. The van der Waals surface area contributed by atoms with Gasteiger partial charge in [-0.2, -0.15) is 56.7 Å². The molecule has 9 nitrogen and oxygen atoms in total. The summed E-state index contributed by atoms with van der Waals surface area (Å²) >= 11 is 0. The molecule has 0 spiro atoms. The van der Waals surface area contributed by atoms with Crippen LogP contribution in [0.15, 0.2) is 12.1 Å². The largest absolute Gasteiger partial charge is 0.523 e. The summed E-state index contributed by atoms with van der Waals surface area (Å²) in [5, 5.41) is 0. The summed E-state index contributed by atoms with van der Waals surface area (Å²) < 4.78 is 143. The molecule has 0 aromatic heterocycles. The van der Waals surface area contributed by atoms with E-state index in [2.05, 4.69) is 8.37 Å². The molecule has 0 aliphatic rings. The van der Waals surface area contributed by atoms with Crippen LogP contribution in [0.5, 0.6) is 17.2 Å². The molecule has 1 unspecified atom stereocenters. The fourth-order valence-electron chi connectivity index (χ4n) is 2.35. The van der Waals surface area contributed by atoms with Crippen molar-refractivity contribution in [1.82, 2.24) is 0 Å². The molecule has 18 heteroatoms. The van der Waals surface area contributed by atoms with E-state index in [1.807, 2.05) is 0 Å². The zero-order chi connectivity index (χ0) is 25.0.